The Balaban J connectivity index is 1.41. The predicted octanol–water partition coefficient (Wildman–Crippen LogP) is 3.35. The molecule has 4 aromatic rings. The smallest absolute Gasteiger partial charge is 0.269 e. The Morgan fingerprint density at radius 1 is 1.03 bits per heavy atom. The van der Waals surface area contributed by atoms with Crippen LogP contribution in [-0.4, -0.2) is 30.6 Å². The van der Waals surface area contributed by atoms with Crippen molar-refractivity contribution in [2.45, 2.75) is 0 Å². The number of anilines is 1. The summed E-state index contributed by atoms with van der Waals surface area (Å²) in [4.78, 5) is 22.3. The molecule has 2 aromatic heterocycles. The Labute approximate surface area is 164 Å². The number of fused-ring (bicyclic) bond motifs is 1. The molecule has 0 fully saturated rings. The lowest BCUT2D eigenvalue weighted by molar-refractivity contribution is -0.384. The van der Waals surface area contributed by atoms with Gasteiger partial charge in [-0.15, -0.1) is 10.2 Å². The molecule has 2 heterocycles. The lowest BCUT2D eigenvalue weighted by atomic mass is 10.1. The minimum absolute atomic E-state index is 0.00429. The van der Waals surface area contributed by atoms with Gasteiger partial charge in [-0.1, -0.05) is 12.1 Å². The van der Waals surface area contributed by atoms with E-state index in [9.17, 15) is 14.9 Å². The maximum atomic E-state index is 12.1. The monoisotopic (exact) mass is 386 g/mol. The van der Waals surface area contributed by atoms with E-state index < -0.39 is 4.92 Å². The highest BCUT2D eigenvalue weighted by Gasteiger charge is 2.05. The molecular weight excluding hydrogens is 372 g/mol. The van der Waals surface area contributed by atoms with E-state index in [-0.39, 0.29) is 11.6 Å². The lowest BCUT2D eigenvalue weighted by Crippen LogP contribution is -2.07. The molecule has 0 atom stereocenters. The zero-order valence-electron chi connectivity index (χ0n) is 15.0. The highest BCUT2D eigenvalue weighted by Crippen LogP contribution is 2.20. The minimum atomic E-state index is -0.468. The van der Waals surface area contributed by atoms with E-state index in [1.807, 2.05) is 24.3 Å². The van der Waals surface area contributed by atoms with E-state index in [4.69, 9.17) is 0 Å². The Bertz CT molecular complexity index is 1210. The summed E-state index contributed by atoms with van der Waals surface area (Å²) in [6, 6.07) is 16.9. The van der Waals surface area contributed by atoms with Crippen molar-refractivity contribution in [2.24, 2.45) is 0 Å². The third-order valence-corrected chi connectivity index (χ3v) is 4.14. The second-order valence-electron chi connectivity index (χ2n) is 6.10. The number of carbonyl (C=O) groups is 1. The van der Waals surface area contributed by atoms with Crippen molar-refractivity contribution >= 4 is 29.0 Å². The Kier molecular flexibility index (Phi) is 4.77. The van der Waals surface area contributed by atoms with E-state index in [2.05, 4.69) is 20.6 Å². The number of hydrogen-bond acceptors (Lipinski definition) is 6. The number of rotatable bonds is 5. The summed E-state index contributed by atoms with van der Waals surface area (Å²) in [6.07, 6.45) is 4.49. The molecule has 0 spiro atoms. The zero-order chi connectivity index (χ0) is 20.2. The van der Waals surface area contributed by atoms with Gasteiger partial charge in [0.15, 0.2) is 5.65 Å². The molecule has 0 aliphatic heterocycles. The molecule has 0 aliphatic carbocycles. The molecule has 0 radical (unpaired) electrons. The van der Waals surface area contributed by atoms with Crippen LogP contribution in [0.2, 0.25) is 0 Å². The number of amides is 1. The number of carbonyl (C=O) groups excluding carboxylic acids is 1. The van der Waals surface area contributed by atoms with Crippen LogP contribution in [0.5, 0.6) is 0 Å². The number of nitro groups is 1. The summed E-state index contributed by atoms with van der Waals surface area (Å²) in [7, 11) is 0. The number of benzene rings is 2. The van der Waals surface area contributed by atoms with Gasteiger partial charge in [0.2, 0.25) is 5.91 Å². The first kappa shape index (κ1) is 18.0. The highest BCUT2D eigenvalue weighted by atomic mass is 16.6. The fraction of sp³-hybridized carbons (Fsp3) is 0. The largest absolute Gasteiger partial charge is 0.323 e. The molecular formula is C20H14N6O3. The quantitative estimate of drug-likeness (QED) is 0.319. The molecule has 29 heavy (non-hydrogen) atoms. The van der Waals surface area contributed by atoms with Gasteiger partial charge in [-0.25, -0.2) is 0 Å². The van der Waals surface area contributed by atoms with Gasteiger partial charge >= 0.3 is 0 Å². The van der Waals surface area contributed by atoms with Crippen molar-refractivity contribution in [3.63, 3.8) is 0 Å². The van der Waals surface area contributed by atoms with Gasteiger partial charge in [-0.2, -0.15) is 9.61 Å². The number of nitrogens with one attached hydrogen (secondary N) is 1. The van der Waals surface area contributed by atoms with E-state index in [0.717, 1.165) is 11.3 Å². The van der Waals surface area contributed by atoms with Gasteiger partial charge < -0.3 is 5.32 Å². The minimum Gasteiger partial charge on any atom is -0.323 e. The fourth-order valence-corrected chi connectivity index (χ4v) is 2.67. The second-order valence-corrected chi connectivity index (χ2v) is 6.10. The molecule has 2 aromatic carbocycles. The van der Waals surface area contributed by atoms with Crippen molar-refractivity contribution in [1.82, 2.24) is 19.8 Å². The average molecular weight is 386 g/mol. The van der Waals surface area contributed by atoms with Gasteiger partial charge in [0.05, 0.1) is 10.6 Å². The van der Waals surface area contributed by atoms with E-state index in [1.165, 1.54) is 24.5 Å². The normalized spacial score (nSPS) is 11.0. The number of nitro benzene ring substituents is 1. The van der Waals surface area contributed by atoms with Gasteiger partial charge in [0, 0.05) is 29.5 Å². The van der Waals surface area contributed by atoms with Crippen LogP contribution in [-0.2, 0) is 4.79 Å². The third-order valence-electron chi connectivity index (χ3n) is 4.14. The first-order valence-electron chi connectivity index (χ1n) is 8.59. The summed E-state index contributed by atoms with van der Waals surface area (Å²) >= 11 is 0. The van der Waals surface area contributed by atoms with Gasteiger partial charge in [-0.3, -0.25) is 14.9 Å². The molecule has 4 rings (SSSR count). The molecule has 142 valence electrons. The van der Waals surface area contributed by atoms with Crippen LogP contribution < -0.4 is 5.32 Å². The average Bonchev–Trinajstić information content (AvgIpc) is 3.21. The van der Waals surface area contributed by atoms with E-state index in [0.29, 0.717) is 16.9 Å². The van der Waals surface area contributed by atoms with Gasteiger partial charge in [0.25, 0.3) is 5.69 Å². The Hall–Kier alpha value is -4.40. The highest BCUT2D eigenvalue weighted by molar-refractivity contribution is 6.02. The molecule has 0 saturated heterocycles. The second kappa shape index (κ2) is 7.69. The van der Waals surface area contributed by atoms with Crippen molar-refractivity contribution in [1.29, 1.82) is 0 Å². The number of aromatic nitrogens is 4. The van der Waals surface area contributed by atoms with Crippen molar-refractivity contribution in [3.8, 4) is 11.3 Å². The number of nitrogens with zero attached hydrogens (tertiary/aromatic N) is 5. The zero-order valence-corrected chi connectivity index (χ0v) is 15.0. The summed E-state index contributed by atoms with van der Waals surface area (Å²) in [6.45, 7) is 0. The molecule has 0 aliphatic rings. The maximum absolute atomic E-state index is 12.1. The van der Waals surface area contributed by atoms with Crippen LogP contribution >= 0.6 is 0 Å². The molecule has 9 heteroatoms. The van der Waals surface area contributed by atoms with Crippen molar-refractivity contribution in [3.05, 3.63) is 88.7 Å². The maximum Gasteiger partial charge on any atom is 0.269 e. The van der Waals surface area contributed by atoms with Crippen LogP contribution in [0, 0.1) is 10.1 Å². The standard InChI is InChI=1S/C20H14N6O3/c27-20(12-3-14-1-8-17(9-2-14)26(28)29)22-16-6-4-15(5-7-16)18-10-11-19-23-21-13-25(19)24-18/h1-13H,(H,22,27)/b12-3+. The number of hydrogen-bond donors (Lipinski definition) is 1. The van der Waals surface area contributed by atoms with Crippen molar-refractivity contribution < 1.29 is 9.72 Å². The molecule has 0 saturated carbocycles. The van der Waals surface area contributed by atoms with Crippen LogP contribution in [0.25, 0.3) is 23.0 Å². The number of non-ortho nitro benzene ring substituents is 1. The lowest BCUT2D eigenvalue weighted by Gasteiger charge is -2.05. The SMILES string of the molecule is O=C(/C=C/c1ccc([N+](=O)[O-])cc1)Nc1ccc(-c2ccc3nncn3n2)cc1. The first-order chi connectivity index (χ1) is 14.1. The summed E-state index contributed by atoms with van der Waals surface area (Å²) in [5.74, 6) is -0.305. The Morgan fingerprint density at radius 3 is 2.52 bits per heavy atom. The molecule has 0 unspecified atom stereocenters. The van der Waals surface area contributed by atoms with Crippen LogP contribution in [0.1, 0.15) is 5.56 Å². The van der Waals surface area contributed by atoms with Crippen LogP contribution in [0.3, 0.4) is 0 Å². The van der Waals surface area contributed by atoms with Crippen LogP contribution in [0.15, 0.2) is 73.1 Å². The first-order valence-corrected chi connectivity index (χ1v) is 8.59. The van der Waals surface area contributed by atoms with Crippen LogP contribution in [0.4, 0.5) is 11.4 Å². The molecule has 9 nitrogen and oxygen atoms in total. The van der Waals surface area contributed by atoms with E-state index >= 15 is 0 Å². The molecule has 0 bridgehead atoms. The van der Waals surface area contributed by atoms with Crippen molar-refractivity contribution in [2.75, 3.05) is 5.32 Å². The summed E-state index contributed by atoms with van der Waals surface area (Å²) in [5, 5.41) is 25.6. The van der Waals surface area contributed by atoms with Gasteiger partial charge in [0.1, 0.15) is 6.33 Å². The predicted molar refractivity (Wildman–Crippen MR) is 107 cm³/mol. The summed E-state index contributed by atoms with van der Waals surface area (Å²) in [5.41, 5.74) is 3.64. The van der Waals surface area contributed by atoms with Gasteiger partial charge in [-0.05, 0) is 48.0 Å². The summed E-state index contributed by atoms with van der Waals surface area (Å²) < 4.78 is 1.59. The Morgan fingerprint density at radius 2 is 1.79 bits per heavy atom. The van der Waals surface area contributed by atoms with E-state index in [1.54, 1.807) is 34.9 Å². The molecule has 1 amide bonds. The third kappa shape index (κ3) is 4.14. The topological polar surface area (TPSA) is 115 Å². The fourth-order valence-electron chi connectivity index (χ4n) is 2.67. The molecule has 1 N–H and O–H groups in total.